The third kappa shape index (κ3) is 55.1. The zero-order chi connectivity index (χ0) is 97.4. The molecule has 3 aliphatic heterocycles. The van der Waals surface area contributed by atoms with Crippen molar-refractivity contribution in [1.29, 1.82) is 0 Å². The average Bonchev–Trinajstić information content (AvgIpc) is 0.771. The summed E-state index contributed by atoms with van der Waals surface area (Å²) in [7, 11) is -11.8. The molecule has 0 aromatic carbocycles. The number of carbonyl (C=O) groups is 7. The van der Waals surface area contributed by atoms with Crippen molar-refractivity contribution in [2.24, 2.45) is 0 Å². The quantitative estimate of drug-likeness (QED) is 0.0116. The minimum Gasteiger partial charge on any atom is -0.477 e. The molecule has 34 nitrogen and oxygen atoms in total. The van der Waals surface area contributed by atoms with Crippen molar-refractivity contribution in [2.75, 3.05) is 19.8 Å². The van der Waals surface area contributed by atoms with Gasteiger partial charge in [-0.2, -0.15) is 0 Å². The van der Waals surface area contributed by atoms with Crippen LogP contribution in [-0.2, 0) is 94.4 Å². The summed E-state index contributed by atoms with van der Waals surface area (Å²) in [5, 5.41) is 95.0. The molecule has 0 aromatic rings. The normalized spacial score (nSPS) is 23.5. The molecule has 36 heteroatoms. The first-order valence-electron chi connectivity index (χ1n) is 51.3. The number of carboxylic acid groups (broad SMARTS) is 1. The second kappa shape index (κ2) is 73.2. The summed E-state index contributed by atoms with van der Waals surface area (Å²) in [6.07, 6.45) is 11.0. The molecule has 0 unspecified atom stereocenters. The standard InChI is InChI=1S/C96H178N2O32P2/c1-7-13-19-25-31-35-41-47-53-59-73(122-81(106)61-55-49-43-37-33-27-21-15-9-3)65-79(104)97-85-91(126-83(108)63-71(100)57-51-45-39-29-23-17-11-5)88(111)77(124-94(85)130-132(117,118)119)69-120-93-86(98-80(105)66-74(60-54-48-42-36-32-26-20-14-8-2)123-82(107)62-56-50-44-38-34-28-22-16-10-4)92(127-84(109)64-72(101)58-52-46-40-30-24-18-12-6)90(129-131(114,115)116)78(125-93)70-121-96(95(112)113)67-75(102)87(110)89(128-96)76(103)68-99/h71-78,85-94,99-103,110-111H,7-70H2,1-6H3,(H,97,104)(H,98,105)(H,112,113)(H2,114,115,116)(H2,117,118,119)/t71-,72-,73-,74-,75-,76-,77-,78-,85-,86-,87-,88-,89-,90-,91-,92-,93-,94-,96-/m1/s1. The van der Waals surface area contributed by atoms with E-state index >= 15 is 4.79 Å². The monoisotopic (exact) mass is 1930 g/mol. The molecule has 3 saturated heterocycles. The van der Waals surface area contributed by atoms with E-state index in [1.54, 1.807) is 0 Å². The van der Waals surface area contributed by atoms with E-state index in [0.717, 1.165) is 257 Å². The van der Waals surface area contributed by atoms with Crippen LogP contribution in [0.4, 0.5) is 0 Å². The van der Waals surface area contributed by atoms with Crippen molar-refractivity contribution in [3.8, 4) is 0 Å². The molecule has 2 amide bonds. The van der Waals surface area contributed by atoms with Crippen molar-refractivity contribution in [3.63, 3.8) is 0 Å². The van der Waals surface area contributed by atoms with Crippen LogP contribution in [-0.4, -0.2) is 238 Å². The Bertz CT molecular complexity index is 3120. The largest absolute Gasteiger partial charge is 0.477 e. The molecule has 132 heavy (non-hydrogen) atoms. The van der Waals surface area contributed by atoms with Gasteiger partial charge in [0, 0.05) is 19.3 Å². The van der Waals surface area contributed by atoms with Crippen LogP contribution in [0.25, 0.3) is 0 Å². The number of phosphoric ester groups is 2. The van der Waals surface area contributed by atoms with Crippen LogP contribution in [0, 0.1) is 0 Å². The average molecular weight is 1930 g/mol. The van der Waals surface area contributed by atoms with Crippen LogP contribution in [0.3, 0.4) is 0 Å². The Morgan fingerprint density at radius 1 is 0.394 bits per heavy atom. The van der Waals surface area contributed by atoms with Crippen molar-refractivity contribution in [3.05, 3.63) is 0 Å². The van der Waals surface area contributed by atoms with Gasteiger partial charge < -0.3 is 114 Å². The summed E-state index contributed by atoms with van der Waals surface area (Å²) in [5.41, 5.74) is 0. The smallest absolute Gasteiger partial charge is 0.472 e. The third-order valence-electron chi connectivity index (χ3n) is 25.1. The Balaban J connectivity index is 2.38. The lowest BCUT2D eigenvalue weighted by atomic mass is 9.92. The molecule has 0 spiro atoms. The van der Waals surface area contributed by atoms with Gasteiger partial charge in [0.2, 0.25) is 11.8 Å². The highest BCUT2D eigenvalue weighted by molar-refractivity contribution is 7.46. The van der Waals surface area contributed by atoms with E-state index in [1.165, 1.54) is 6.42 Å². The number of ether oxygens (including phenoxy) is 9. The molecule has 3 fully saturated rings. The molecule has 14 N–H and O–H groups in total. The minimum absolute atomic E-state index is 0.00230. The van der Waals surface area contributed by atoms with Gasteiger partial charge in [-0.1, -0.05) is 337 Å². The van der Waals surface area contributed by atoms with Crippen LogP contribution in [0.5, 0.6) is 0 Å². The summed E-state index contributed by atoms with van der Waals surface area (Å²) >= 11 is 0. The maximum Gasteiger partial charge on any atom is 0.472 e. The van der Waals surface area contributed by atoms with Crippen LogP contribution >= 0.6 is 15.6 Å². The Kier molecular flexibility index (Phi) is 67.8. The molecule has 19 atom stereocenters. The van der Waals surface area contributed by atoms with Gasteiger partial charge in [-0.15, -0.1) is 0 Å². The molecule has 0 radical (unpaired) electrons. The Hall–Kier alpha value is -3.97. The number of carbonyl (C=O) groups excluding carboxylic acids is 6. The number of hydrogen-bond acceptors (Lipinski definition) is 27. The van der Waals surface area contributed by atoms with Gasteiger partial charge in [0.1, 0.15) is 67.0 Å². The molecule has 774 valence electrons. The Labute approximate surface area is 788 Å². The fourth-order valence-electron chi connectivity index (χ4n) is 17.4. The number of aliphatic hydroxyl groups excluding tert-OH is 7. The number of esters is 4. The van der Waals surface area contributed by atoms with Gasteiger partial charge in [0.15, 0.2) is 24.8 Å². The fraction of sp³-hybridized carbons (Fsp3) is 0.927. The zero-order valence-corrected chi connectivity index (χ0v) is 82.9. The first-order valence-corrected chi connectivity index (χ1v) is 54.3. The summed E-state index contributed by atoms with van der Waals surface area (Å²) in [6, 6.07) is -4.24. The highest BCUT2D eigenvalue weighted by atomic mass is 31.2. The highest BCUT2D eigenvalue weighted by Crippen LogP contribution is 2.45. The van der Waals surface area contributed by atoms with Gasteiger partial charge in [0.05, 0.1) is 63.8 Å². The highest BCUT2D eigenvalue weighted by Gasteiger charge is 2.59. The lowest BCUT2D eigenvalue weighted by Crippen LogP contribution is -2.68. The van der Waals surface area contributed by atoms with E-state index in [1.807, 2.05) is 0 Å². The summed E-state index contributed by atoms with van der Waals surface area (Å²) in [6.45, 7) is 9.04. The molecule has 0 bridgehead atoms. The number of aliphatic hydroxyl groups is 7. The molecular weight excluding hydrogens is 1750 g/mol. The summed E-state index contributed by atoms with van der Waals surface area (Å²) in [4.78, 5) is 144. The second-order valence-corrected chi connectivity index (χ2v) is 39.6. The molecule has 0 aliphatic carbocycles. The van der Waals surface area contributed by atoms with E-state index in [0.29, 0.717) is 57.8 Å². The number of phosphoric acid groups is 2. The van der Waals surface area contributed by atoms with Gasteiger partial charge >= 0.3 is 45.5 Å². The van der Waals surface area contributed by atoms with Crippen LogP contribution in [0.15, 0.2) is 0 Å². The molecule has 3 heterocycles. The van der Waals surface area contributed by atoms with E-state index < -0.39 is 225 Å². The number of aliphatic carboxylic acids is 1. The second-order valence-electron chi connectivity index (χ2n) is 37.2. The minimum atomic E-state index is -5.99. The Morgan fingerprint density at radius 3 is 1.08 bits per heavy atom. The first kappa shape index (κ1) is 122. The van der Waals surface area contributed by atoms with Crippen molar-refractivity contribution < 1.29 is 155 Å². The number of carboxylic acids is 1. The SMILES string of the molecule is CCCCCCCCCCCC(=O)O[C@H](CCCCCCCCCCC)CC(=O)N[C@H]1[C@H](OC[C@H]2O[C@H](OP(=O)(O)O)[C@H](NC(=O)C[C@@H](CCCCCCCCCCC)OC(=O)CCCCCCCCCCC)[C@@H](OC(=O)C[C@H](O)CCCCCCCCC)[C@@H]2O)O[C@H](CO[C@]2(C(=O)O)C[C@@H](O)[C@@H](O)[C@@H]([C@H](O)CO)O2)[C@@H](OP(=O)(O)O)[C@@H]1OC(=O)C[C@H](O)CCCCCCCCC. The third-order valence-corrected chi connectivity index (χ3v) is 26.1. The van der Waals surface area contributed by atoms with E-state index in [4.69, 9.17) is 51.7 Å². The predicted molar refractivity (Wildman–Crippen MR) is 497 cm³/mol. The number of rotatable bonds is 83. The molecule has 0 aromatic heterocycles. The molecule has 0 saturated carbocycles. The zero-order valence-electron chi connectivity index (χ0n) is 81.1. The fourth-order valence-corrected chi connectivity index (χ4v) is 18.4. The topological polar surface area (TPSA) is 522 Å². The number of amides is 2. The number of nitrogens with one attached hydrogen (secondary N) is 2. The molecule has 3 aliphatic rings. The van der Waals surface area contributed by atoms with Crippen molar-refractivity contribution in [1.82, 2.24) is 10.6 Å². The van der Waals surface area contributed by atoms with Gasteiger partial charge in [-0.25, -0.2) is 13.9 Å². The van der Waals surface area contributed by atoms with Gasteiger partial charge in [-0.3, -0.25) is 37.8 Å². The van der Waals surface area contributed by atoms with E-state index in [2.05, 4.69) is 52.2 Å². The molecule has 3 rings (SSSR count). The van der Waals surface area contributed by atoms with E-state index in [9.17, 15) is 98.3 Å². The molecular formula is C96H178N2O32P2. The maximum absolute atomic E-state index is 15.4. The number of hydrogen-bond donors (Lipinski definition) is 14. The van der Waals surface area contributed by atoms with Crippen LogP contribution in [0.2, 0.25) is 0 Å². The van der Waals surface area contributed by atoms with E-state index in [-0.39, 0.29) is 38.5 Å². The van der Waals surface area contributed by atoms with Crippen LogP contribution in [0.1, 0.15) is 433 Å². The van der Waals surface area contributed by atoms with Gasteiger partial charge in [-0.05, 0) is 51.4 Å². The first-order chi connectivity index (χ1) is 63.3. The maximum atomic E-state index is 15.4. The predicted octanol–water partition coefficient (Wildman–Crippen LogP) is 15.9. The number of unbranched alkanes of at least 4 members (excludes halogenated alkanes) is 44. The lowest BCUT2D eigenvalue weighted by Gasteiger charge is -2.48. The van der Waals surface area contributed by atoms with Crippen molar-refractivity contribution in [2.45, 2.75) is 549 Å². The summed E-state index contributed by atoms with van der Waals surface area (Å²) in [5.74, 6) is -10.9. The van der Waals surface area contributed by atoms with Crippen molar-refractivity contribution >= 4 is 57.3 Å². The Morgan fingerprint density at radius 2 is 0.727 bits per heavy atom. The van der Waals surface area contributed by atoms with Crippen LogP contribution < -0.4 is 10.6 Å². The summed E-state index contributed by atoms with van der Waals surface area (Å²) < 4.78 is 92.8. The lowest BCUT2D eigenvalue weighted by molar-refractivity contribution is -0.340. The van der Waals surface area contributed by atoms with Gasteiger partial charge in [0.25, 0.3) is 5.79 Å².